The summed E-state index contributed by atoms with van der Waals surface area (Å²) in [6.45, 7) is 1.82. The van der Waals surface area contributed by atoms with Crippen molar-refractivity contribution in [1.29, 1.82) is 0 Å². The number of ether oxygens (including phenoxy) is 1. The first-order valence-corrected chi connectivity index (χ1v) is 5.97. The van der Waals surface area contributed by atoms with Crippen molar-refractivity contribution in [3.05, 3.63) is 29.7 Å². The van der Waals surface area contributed by atoms with E-state index in [2.05, 4.69) is 25.7 Å². The molecule has 3 aromatic heterocycles. The van der Waals surface area contributed by atoms with Crippen molar-refractivity contribution in [1.82, 2.24) is 20.3 Å². The normalized spacial score (nSPS) is 10.6. The Morgan fingerprint density at radius 1 is 1.43 bits per heavy atom. The molecule has 9 heteroatoms. The lowest BCUT2D eigenvalue weighted by Crippen LogP contribution is -2.12. The molecule has 0 saturated heterocycles. The van der Waals surface area contributed by atoms with Gasteiger partial charge in [0.05, 0.1) is 13.2 Å². The van der Waals surface area contributed by atoms with Crippen molar-refractivity contribution in [2.24, 2.45) is 0 Å². The molecule has 0 saturated carbocycles. The van der Waals surface area contributed by atoms with E-state index < -0.39 is 5.91 Å². The molecule has 0 fully saturated rings. The van der Waals surface area contributed by atoms with E-state index >= 15 is 0 Å². The van der Waals surface area contributed by atoms with Gasteiger partial charge in [-0.15, -0.1) is 5.10 Å². The van der Waals surface area contributed by atoms with Crippen molar-refractivity contribution in [3.8, 4) is 17.5 Å². The van der Waals surface area contributed by atoms with E-state index in [9.17, 15) is 4.79 Å². The second kappa shape index (κ2) is 5.12. The molecule has 2 N–H and O–H groups in total. The van der Waals surface area contributed by atoms with E-state index in [4.69, 9.17) is 13.7 Å². The molecule has 9 nitrogen and oxygen atoms in total. The number of amides is 1. The number of rotatable bonds is 4. The van der Waals surface area contributed by atoms with Crippen molar-refractivity contribution in [2.45, 2.75) is 6.92 Å². The monoisotopic (exact) mass is 289 g/mol. The summed E-state index contributed by atoms with van der Waals surface area (Å²) in [5.74, 6) is 1.46. The number of H-pyrrole nitrogens is 1. The standard InChI is InChI=1S/C12H11N5O4/c1-6-3-4-7(20-6)10-13-12(16-15-10)14-11(18)8-5-9(19-2)17-21-8/h3-5H,1-2H3,(H2,13,14,15,16,18). The number of aromatic amines is 1. The first-order valence-electron chi connectivity index (χ1n) is 5.97. The number of furan rings is 1. The Bertz CT molecular complexity index is 772. The molecule has 0 spiro atoms. The zero-order valence-corrected chi connectivity index (χ0v) is 11.2. The minimum Gasteiger partial charge on any atom is -0.479 e. The molecule has 0 atom stereocenters. The molecule has 0 bridgehead atoms. The zero-order valence-electron chi connectivity index (χ0n) is 11.2. The zero-order chi connectivity index (χ0) is 14.8. The topological polar surface area (TPSA) is 119 Å². The molecular formula is C12H11N5O4. The minimum absolute atomic E-state index is 0.00737. The molecule has 21 heavy (non-hydrogen) atoms. The Balaban J connectivity index is 1.73. The van der Waals surface area contributed by atoms with Gasteiger partial charge in [0.15, 0.2) is 11.6 Å². The van der Waals surface area contributed by atoms with E-state index in [1.165, 1.54) is 13.2 Å². The molecule has 3 heterocycles. The molecule has 0 radical (unpaired) electrons. The fourth-order valence-corrected chi connectivity index (χ4v) is 1.62. The van der Waals surface area contributed by atoms with E-state index in [1.807, 2.05) is 6.92 Å². The van der Waals surface area contributed by atoms with Gasteiger partial charge in [0, 0.05) is 0 Å². The highest BCUT2D eigenvalue weighted by Gasteiger charge is 2.16. The van der Waals surface area contributed by atoms with Gasteiger partial charge in [-0.1, -0.05) is 0 Å². The van der Waals surface area contributed by atoms with E-state index in [1.54, 1.807) is 12.1 Å². The number of nitrogens with one attached hydrogen (secondary N) is 2. The SMILES string of the molecule is COc1cc(C(=O)Nc2n[nH]c(-c3ccc(C)o3)n2)on1. The molecule has 0 aliphatic heterocycles. The van der Waals surface area contributed by atoms with Crippen LogP contribution in [0.1, 0.15) is 16.3 Å². The molecular weight excluding hydrogens is 278 g/mol. The van der Waals surface area contributed by atoms with Crippen LogP contribution in [0.4, 0.5) is 5.95 Å². The lowest BCUT2D eigenvalue weighted by molar-refractivity contribution is 0.0986. The van der Waals surface area contributed by atoms with Gasteiger partial charge < -0.3 is 13.7 Å². The van der Waals surface area contributed by atoms with Crippen LogP contribution < -0.4 is 10.1 Å². The quantitative estimate of drug-likeness (QED) is 0.748. The molecule has 0 unspecified atom stereocenters. The average Bonchev–Trinajstić information content (AvgIpc) is 3.17. The highest BCUT2D eigenvalue weighted by molar-refractivity contribution is 6.01. The Morgan fingerprint density at radius 2 is 2.29 bits per heavy atom. The molecule has 0 aliphatic rings. The van der Waals surface area contributed by atoms with E-state index in [0.717, 1.165) is 5.76 Å². The third-order valence-electron chi connectivity index (χ3n) is 2.61. The number of hydrogen-bond donors (Lipinski definition) is 2. The summed E-state index contributed by atoms with van der Waals surface area (Å²) in [4.78, 5) is 16.0. The van der Waals surface area contributed by atoms with Gasteiger partial charge in [0.25, 0.3) is 11.8 Å². The van der Waals surface area contributed by atoms with Crippen molar-refractivity contribution >= 4 is 11.9 Å². The molecule has 0 aliphatic carbocycles. The number of hydrogen-bond acceptors (Lipinski definition) is 7. The van der Waals surface area contributed by atoms with Gasteiger partial charge in [0.2, 0.25) is 11.7 Å². The molecule has 1 amide bonds. The van der Waals surface area contributed by atoms with Gasteiger partial charge in [0.1, 0.15) is 5.76 Å². The summed E-state index contributed by atoms with van der Waals surface area (Å²) in [6.07, 6.45) is 0. The summed E-state index contributed by atoms with van der Waals surface area (Å²) >= 11 is 0. The van der Waals surface area contributed by atoms with Gasteiger partial charge in [-0.2, -0.15) is 4.98 Å². The fraction of sp³-hybridized carbons (Fsp3) is 0.167. The second-order valence-corrected chi connectivity index (χ2v) is 4.11. The number of aromatic nitrogens is 4. The second-order valence-electron chi connectivity index (χ2n) is 4.11. The third kappa shape index (κ3) is 2.61. The number of methoxy groups -OCH3 is 1. The Morgan fingerprint density at radius 3 is 2.95 bits per heavy atom. The Labute approximate surface area is 118 Å². The van der Waals surface area contributed by atoms with Crippen LogP contribution in [0.15, 0.2) is 27.1 Å². The lowest BCUT2D eigenvalue weighted by atomic mass is 10.4. The van der Waals surface area contributed by atoms with Crippen molar-refractivity contribution < 1.29 is 18.5 Å². The molecule has 0 aromatic carbocycles. The fourth-order valence-electron chi connectivity index (χ4n) is 1.62. The average molecular weight is 289 g/mol. The van der Waals surface area contributed by atoms with Crippen LogP contribution in [-0.4, -0.2) is 33.4 Å². The highest BCUT2D eigenvalue weighted by Crippen LogP contribution is 2.19. The lowest BCUT2D eigenvalue weighted by Gasteiger charge is -1.94. The summed E-state index contributed by atoms with van der Waals surface area (Å²) < 4.78 is 15.0. The molecule has 3 aromatic rings. The van der Waals surface area contributed by atoms with Crippen LogP contribution in [0.5, 0.6) is 5.88 Å². The summed E-state index contributed by atoms with van der Waals surface area (Å²) in [6, 6.07) is 4.92. The van der Waals surface area contributed by atoms with Crippen LogP contribution in [0.25, 0.3) is 11.6 Å². The number of aryl methyl sites for hydroxylation is 1. The summed E-state index contributed by atoms with van der Waals surface area (Å²) in [5.41, 5.74) is 0. The van der Waals surface area contributed by atoms with Gasteiger partial charge >= 0.3 is 0 Å². The van der Waals surface area contributed by atoms with Gasteiger partial charge in [-0.25, -0.2) is 0 Å². The molecule has 108 valence electrons. The van der Waals surface area contributed by atoms with Crippen molar-refractivity contribution in [3.63, 3.8) is 0 Å². The number of carbonyl (C=O) groups excluding carboxylic acids is 1. The van der Waals surface area contributed by atoms with Crippen LogP contribution in [-0.2, 0) is 0 Å². The van der Waals surface area contributed by atoms with Crippen molar-refractivity contribution in [2.75, 3.05) is 12.4 Å². The molecule has 3 rings (SSSR count). The Hall–Kier alpha value is -3.10. The van der Waals surface area contributed by atoms with E-state index in [0.29, 0.717) is 11.6 Å². The van der Waals surface area contributed by atoms with Crippen LogP contribution >= 0.6 is 0 Å². The van der Waals surface area contributed by atoms with Crippen LogP contribution in [0.3, 0.4) is 0 Å². The summed E-state index contributed by atoms with van der Waals surface area (Å²) in [5, 5.41) is 12.5. The summed E-state index contributed by atoms with van der Waals surface area (Å²) in [7, 11) is 1.42. The third-order valence-corrected chi connectivity index (χ3v) is 2.61. The predicted octanol–water partition coefficient (Wildman–Crippen LogP) is 1.62. The highest BCUT2D eigenvalue weighted by atomic mass is 16.5. The maximum atomic E-state index is 11.9. The largest absolute Gasteiger partial charge is 0.479 e. The first-order chi connectivity index (χ1) is 10.2. The van der Waals surface area contributed by atoms with Gasteiger partial charge in [-0.3, -0.25) is 15.2 Å². The maximum Gasteiger partial charge on any atom is 0.296 e. The van der Waals surface area contributed by atoms with E-state index in [-0.39, 0.29) is 17.6 Å². The maximum absolute atomic E-state index is 11.9. The number of nitrogens with zero attached hydrogens (tertiary/aromatic N) is 3. The van der Waals surface area contributed by atoms with Crippen LogP contribution in [0.2, 0.25) is 0 Å². The minimum atomic E-state index is -0.535. The smallest absolute Gasteiger partial charge is 0.296 e. The van der Waals surface area contributed by atoms with Gasteiger partial charge in [-0.05, 0) is 24.2 Å². The predicted molar refractivity (Wildman–Crippen MR) is 69.8 cm³/mol. The number of carbonyl (C=O) groups is 1. The van der Waals surface area contributed by atoms with Crippen LogP contribution in [0, 0.1) is 6.92 Å². The number of anilines is 1. The first kappa shape index (κ1) is 12.9. The Kier molecular flexibility index (Phi) is 3.14.